The minimum atomic E-state index is -1.09. The van der Waals surface area contributed by atoms with Gasteiger partial charge in [-0.25, -0.2) is 9.78 Å². The molecule has 0 spiro atoms. The molecule has 0 saturated carbocycles. The quantitative estimate of drug-likeness (QED) is 0.698. The lowest BCUT2D eigenvalue weighted by molar-refractivity contribution is 0.100. The third-order valence-electron chi connectivity index (χ3n) is 4.05. The Balaban J connectivity index is 2.03. The molecule has 2 amide bonds. The first-order valence-corrected chi connectivity index (χ1v) is 9.03. The fourth-order valence-electron chi connectivity index (χ4n) is 2.84. The number of para-hydroxylation sites is 1. The molecule has 3 N–H and O–H groups in total. The molecule has 0 unspecified atom stereocenters. The molecule has 144 valence electrons. The summed E-state index contributed by atoms with van der Waals surface area (Å²) in [5.74, 6) is 0.806. The average molecular weight is 392 g/mol. The van der Waals surface area contributed by atoms with Gasteiger partial charge >= 0.3 is 6.03 Å². The molecule has 0 radical (unpaired) electrons. The average Bonchev–Trinajstić information content (AvgIpc) is 2.64. The maximum absolute atomic E-state index is 13.1. The molecule has 2 heterocycles. The van der Waals surface area contributed by atoms with Crippen LogP contribution >= 0.6 is 11.6 Å². The van der Waals surface area contributed by atoms with E-state index >= 15 is 0 Å². The molecule has 2 aromatic rings. The van der Waals surface area contributed by atoms with Gasteiger partial charge in [-0.3, -0.25) is 9.80 Å². The highest BCUT2D eigenvalue weighted by Crippen LogP contribution is 2.34. The van der Waals surface area contributed by atoms with Crippen molar-refractivity contribution >= 4 is 35.1 Å². The third-order valence-corrected chi connectivity index (χ3v) is 4.37. The van der Waals surface area contributed by atoms with Crippen molar-refractivity contribution in [3.63, 3.8) is 0 Å². The predicted octanol–water partition coefficient (Wildman–Crippen LogP) is 2.25. The lowest BCUT2D eigenvalue weighted by Gasteiger charge is -2.37. The van der Waals surface area contributed by atoms with E-state index in [-0.39, 0.29) is 25.2 Å². The molecule has 0 saturated heterocycles. The Hall–Kier alpha value is -2.42. The number of nitrogens with zero attached hydrogens (tertiary/aromatic N) is 4. The summed E-state index contributed by atoms with van der Waals surface area (Å²) in [5, 5.41) is 22.7. The number of aliphatic hydroxyl groups excluding tert-OH is 2. The molecular formula is C18H22ClN5O3. The topological polar surface area (TPSA) is 102 Å². The van der Waals surface area contributed by atoms with Crippen molar-refractivity contribution in [1.82, 2.24) is 9.97 Å². The standard InChI is InChI=1S/C18H22ClN5O3/c1-11(2)21-17-20-7-12-8-23(15-6-4-3-5-14(15)19)18(27)24(16(12)22-17)9-13(26)10-25/h3-7,11,13,25-26H,8-10H2,1-2H3,(H,20,21,22)/t13-/m0/s1. The van der Waals surface area contributed by atoms with Crippen molar-refractivity contribution in [1.29, 1.82) is 0 Å². The first-order valence-electron chi connectivity index (χ1n) is 8.65. The van der Waals surface area contributed by atoms with Crippen molar-refractivity contribution in [2.45, 2.75) is 32.5 Å². The maximum atomic E-state index is 13.1. The minimum absolute atomic E-state index is 0.0958. The van der Waals surface area contributed by atoms with Crippen molar-refractivity contribution in [2.75, 3.05) is 28.3 Å². The van der Waals surface area contributed by atoms with Crippen LogP contribution in [0, 0.1) is 0 Å². The highest BCUT2D eigenvalue weighted by Gasteiger charge is 2.34. The summed E-state index contributed by atoms with van der Waals surface area (Å²) in [5.41, 5.74) is 1.27. The molecule has 0 fully saturated rings. The van der Waals surface area contributed by atoms with Gasteiger partial charge in [0.1, 0.15) is 5.82 Å². The number of rotatable bonds is 6. The predicted molar refractivity (Wildman–Crippen MR) is 104 cm³/mol. The summed E-state index contributed by atoms with van der Waals surface area (Å²) in [7, 11) is 0. The Morgan fingerprint density at radius 3 is 2.74 bits per heavy atom. The van der Waals surface area contributed by atoms with Gasteiger partial charge in [-0.1, -0.05) is 23.7 Å². The molecule has 1 atom stereocenters. The second kappa shape index (κ2) is 8.08. The molecule has 9 heteroatoms. The molecule has 0 aliphatic carbocycles. The Kier molecular flexibility index (Phi) is 5.79. The number of amides is 2. The summed E-state index contributed by atoms with van der Waals surface area (Å²) < 4.78 is 0. The maximum Gasteiger partial charge on any atom is 0.330 e. The second-order valence-corrected chi connectivity index (χ2v) is 7.02. The molecule has 3 rings (SSSR count). The van der Waals surface area contributed by atoms with E-state index < -0.39 is 12.7 Å². The van der Waals surface area contributed by atoms with Crippen LogP contribution in [0.3, 0.4) is 0 Å². The van der Waals surface area contributed by atoms with Crippen molar-refractivity contribution in [3.8, 4) is 0 Å². The number of aromatic nitrogens is 2. The summed E-state index contributed by atoms with van der Waals surface area (Å²) in [6, 6.07) is 6.79. The number of halogens is 1. The fourth-order valence-corrected chi connectivity index (χ4v) is 3.07. The number of carbonyl (C=O) groups excluding carboxylic acids is 1. The first kappa shape index (κ1) is 19.3. The van der Waals surface area contributed by atoms with Crippen molar-refractivity contribution in [2.24, 2.45) is 0 Å². The van der Waals surface area contributed by atoms with E-state index in [1.165, 1.54) is 9.80 Å². The zero-order chi connectivity index (χ0) is 19.6. The van der Waals surface area contributed by atoms with Crippen LogP contribution in [0.1, 0.15) is 19.4 Å². The number of hydrogen-bond acceptors (Lipinski definition) is 6. The van der Waals surface area contributed by atoms with Crippen LogP contribution in [0.2, 0.25) is 5.02 Å². The smallest absolute Gasteiger partial charge is 0.330 e. The highest BCUT2D eigenvalue weighted by molar-refractivity contribution is 6.34. The number of anilines is 3. The largest absolute Gasteiger partial charge is 0.394 e. The number of nitrogens with one attached hydrogen (secondary N) is 1. The van der Waals surface area contributed by atoms with Crippen molar-refractivity contribution in [3.05, 3.63) is 41.0 Å². The molecule has 1 aliphatic heterocycles. The van der Waals surface area contributed by atoms with Gasteiger partial charge in [0.05, 0.1) is 36.5 Å². The van der Waals surface area contributed by atoms with Crippen LogP contribution in [0.25, 0.3) is 0 Å². The lowest BCUT2D eigenvalue weighted by Crippen LogP contribution is -2.51. The van der Waals surface area contributed by atoms with Crippen LogP contribution in [-0.4, -0.2) is 51.5 Å². The van der Waals surface area contributed by atoms with Crippen molar-refractivity contribution < 1.29 is 15.0 Å². The van der Waals surface area contributed by atoms with E-state index in [0.29, 0.717) is 28.0 Å². The molecule has 1 aromatic heterocycles. The zero-order valence-corrected chi connectivity index (χ0v) is 15.9. The van der Waals surface area contributed by atoms with Crippen LogP contribution in [0.5, 0.6) is 0 Å². The number of hydrogen-bond donors (Lipinski definition) is 3. The van der Waals surface area contributed by atoms with Crippen LogP contribution in [-0.2, 0) is 6.54 Å². The number of urea groups is 1. The summed E-state index contributed by atoms with van der Waals surface area (Å²) in [4.78, 5) is 24.8. The van der Waals surface area contributed by atoms with Crippen LogP contribution < -0.4 is 15.1 Å². The first-order chi connectivity index (χ1) is 12.9. The molecule has 1 aliphatic rings. The molecule has 27 heavy (non-hydrogen) atoms. The summed E-state index contributed by atoms with van der Waals surface area (Å²) in [6.07, 6.45) is 0.561. The molecule has 1 aromatic carbocycles. The molecular weight excluding hydrogens is 370 g/mol. The second-order valence-electron chi connectivity index (χ2n) is 6.61. The minimum Gasteiger partial charge on any atom is -0.394 e. The number of aliphatic hydroxyl groups is 2. The Morgan fingerprint density at radius 1 is 1.33 bits per heavy atom. The lowest BCUT2D eigenvalue weighted by atomic mass is 10.1. The molecule has 0 bridgehead atoms. The van der Waals surface area contributed by atoms with Gasteiger partial charge < -0.3 is 15.5 Å². The SMILES string of the molecule is CC(C)Nc1ncc2c(n1)N(C[C@H](O)CO)C(=O)N(c1ccccc1Cl)C2. The van der Waals surface area contributed by atoms with Crippen LogP contribution in [0.4, 0.5) is 22.2 Å². The molecule has 8 nitrogen and oxygen atoms in total. The monoisotopic (exact) mass is 391 g/mol. The van der Waals surface area contributed by atoms with E-state index in [0.717, 1.165) is 0 Å². The summed E-state index contributed by atoms with van der Waals surface area (Å²) >= 11 is 6.27. The summed E-state index contributed by atoms with van der Waals surface area (Å²) in [6.45, 7) is 3.61. The van der Waals surface area contributed by atoms with Gasteiger partial charge in [0.2, 0.25) is 5.95 Å². The normalized spacial score (nSPS) is 15.1. The fraction of sp³-hybridized carbons (Fsp3) is 0.389. The number of β-amino-alcohol motifs (C(OH)–C–C–N with tert-alkyl or cyclic N) is 1. The van der Waals surface area contributed by atoms with Gasteiger partial charge in [0, 0.05) is 17.8 Å². The zero-order valence-electron chi connectivity index (χ0n) is 15.1. The number of benzene rings is 1. The van der Waals surface area contributed by atoms with Gasteiger partial charge in [0.25, 0.3) is 0 Å². The third kappa shape index (κ3) is 4.13. The van der Waals surface area contributed by atoms with Gasteiger partial charge in [0.15, 0.2) is 0 Å². The highest BCUT2D eigenvalue weighted by atomic mass is 35.5. The van der Waals surface area contributed by atoms with Gasteiger partial charge in [-0.15, -0.1) is 0 Å². The van der Waals surface area contributed by atoms with E-state index in [1.807, 2.05) is 13.8 Å². The van der Waals surface area contributed by atoms with E-state index in [9.17, 15) is 15.0 Å². The Morgan fingerprint density at radius 2 is 2.07 bits per heavy atom. The number of fused-ring (bicyclic) bond motifs is 1. The number of carbonyl (C=O) groups is 1. The van der Waals surface area contributed by atoms with E-state index in [4.69, 9.17) is 11.6 Å². The van der Waals surface area contributed by atoms with Crippen LogP contribution in [0.15, 0.2) is 30.5 Å². The van der Waals surface area contributed by atoms with Gasteiger partial charge in [-0.2, -0.15) is 4.98 Å². The van der Waals surface area contributed by atoms with E-state index in [2.05, 4.69) is 15.3 Å². The van der Waals surface area contributed by atoms with Gasteiger partial charge in [-0.05, 0) is 26.0 Å². The Labute approximate surface area is 162 Å². The van der Waals surface area contributed by atoms with E-state index in [1.54, 1.807) is 30.5 Å². The Bertz CT molecular complexity index is 832.